The second-order valence-electron chi connectivity index (χ2n) is 6.96. The van der Waals surface area contributed by atoms with Crippen LogP contribution >= 0.6 is 0 Å². The molecule has 0 heterocycles. The van der Waals surface area contributed by atoms with E-state index in [1.807, 2.05) is 20.8 Å². The Morgan fingerprint density at radius 3 is 2.15 bits per heavy atom. The van der Waals surface area contributed by atoms with Crippen LogP contribution in [0.2, 0.25) is 0 Å². The Hall–Kier alpha value is -0.810. The summed E-state index contributed by atoms with van der Waals surface area (Å²) in [4.78, 5) is 14.0. The van der Waals surface area contributed by atoms with E-state index in [1.165, 1.54) is 0 Å². The van der Waals surface area contributed by atoms with E-state index in [0.29, 0.717) is 25.0 Å². The molecule has 0 aliphatic rings. The van der Waals surface area contributed by atoms with Gasteiger partial charge in [0.05, 0.1) is 0 Å². The zero-order valence-electron chi connectivity index (χ0n) is 14.2. The normalized spacial score (nSPS) is 13.9. The van der Waals surface area contributed by atoms with Crippen molar-refractivity contribution in [3.63, 3.8) is 0 Å². The fourth-order valence-corrected chi connectivity index (χ4v) is 2.05. The van der Waals surface area contributed by atoms with Gasteiger partial charge in [0, 0.05) is 31.7 Å². The van der Waals surface area contributed by atoms with Crippen molar-refractivity contribution in [2.24, 2.45) is 11.7 Å². The molecular formula is C15H33N3O2. The van der Waals surface area contributed by atoms with Crippen molar-refractivity contribution in [3.05, 3.63) is 0 Å². The SMILES string of the molecule is CC(C)CN(C(C)C)C(CN)CNC(=O)OC(C)(C)C. The van der Waals surface area contributed by atoms with Gasteiger partial charge in [-0.3, -0.25) is 4.90 Å². The van der Waals surface area contributed by atoms with Gasteiger partial charge in [-0.15, -0.1) is 0 Å². The minimum atomic E-state index is -0.474. The molecule has 0 saturated heterocycles. The first-order chi connectivity index (χ1) is 9.06. The average Bonchev–Trinajstić information content (AvgIpc) is 2.25. The van der Waals surface area contributed by atoms with E-state index >= 15 is 0 Å². The Balaban J connectivity index is 4.47. The van der Waals surface area contributed by atoms with E-state index in [0.717, 1.165) is 6.54 Å². The van der Waals surface area contributed by atoms with Crippen LogP contribution in [0.3, 0.4) is 0 Å². The monoisotopic (exact) mass is 287 g/mol. The summed E-state index contributed by atoms with van der Waals surface area (Å²) in [7, 11) is 0. The average molecular weight is 287 g/mol. The number of carbonyl (C=O) groups excluding carboxylic acids is 1. The minimum absolute atomic E-state index is 0.130. The summed E-state index contributed by atoms with van der Waals surface area (Å²) in [5.74, 6) is 0.563. The molecular weight excluding hydrogens is 254 g/mol. The van der Waals surface area contributed by atoms with Crippen LogP contribution in [0.5, 0.6) is 0 Å². The van der Waals surface area contributed by atoms with Gasteiger partial charge in [-0.1, -0.05) is 13.8 Å². The molecule has 1 atom stereocenters. The zero-order valence-corrected chi connectivity index (χ0v) is 14.2. The molecule has 1 unspecified atom stereocenters. The number of nitrogens with zero attached hydrogens (tertiary/aromatic N) is 1. The van der Waals surface area contributed by atoms with E-state index in [1.54, 1.807) is 0 Å². The van der Waals surface area contributed by atoms with Crippen molar-refractivity contribution in [1.82, 2.24) is 10.2 Å². The molecule has 0 bridgehead atoms. The first-order valence-electron chi connectivity index (χ1n) is 7.49. The Morgan fingerprint density at radius 2 is 1.80 bits per heavy atom. The van der Waals surface area contributed by atoms with Gasteiger partial charge < -0.3 is 15.8 Å². The molecule has 20 heavy (non-hydrogen) atoms. The fourth-order valence-electron chi connectivity index (χ4n) is 2.05. The number of hydrogen-bond acceptors (Lipinski definition) is 4. The number of ether oxygens (including phenoxy) is 1. The van der Waals surface area contributed by atoms with Crippen molar-refractivity contribution in [2.45, 2.75) is 66.2 Å². The maximum Gasteiger partial charge on any atom is 0.407 e. The lowest BCUT2D eigenvalue weighted by Crippen LogP contribution is -2.52. The molecule has 5 heteroatoms. The summed E-state index contributed by atoms with van der Waals surface area (Å²) in [5, 5.41) is 2.82. The number of alkyl carbamates (subject to hydrolysis) is 1. The Morgan fingerprint density at radius 1 is 1.25 bits per heavy atom. The summed E-state index contributed by atoms with van der Waals surface area (Å²) in [6, 6.07) is 0.524. The fraction of sp³-hybridized carbons (Fsp3) is 0.933. The van der Waals surface area contributed by atoms with Crippen LogP contribution in [0.1, 0.15) is 48.5 Å². The van der Waals surface area contributed by atoms with Crippen molar-refractivity contribution >= 4 is 6.09 Å². The first-order valence-corrected chi connectivity index (χ1v) is 7.49. The molecule has 0 aromatic rings. The van der Waals surface area contributed by atoms with Crippen LogP contribution in [-0.4, -0.2) is 48.3 Å². The van der Waals surface area contributed by atoms with Gasteiger partial charge in [-0.05, 0) is 40.5 Å². The van der Waals surface area contributed by atoms with E-state index in [9.17, 15) is 4.79 Å². The lowest BCUT2D eigenvalue weighted by molar-refractivity contribution is 0.0496. The van der Waals surface area contributed by atoms with E-state index in [-0.39, 0.29) is 12.1 Å². The predicted octanol–water partition coefficient (Wildman–Crippen LogP) is 2.20. The van der Waals surface area contributed by atoms with Crippen molar-refractivity contribution in [3.8, 4) is 0 Å². The molecule has 3 N–H and O–H groups in total. The summed E-state index contributed by atoms with van der Waals surface area (Å²) >= 11 is 0. The van der Waals surface area contributed by atoms with Crippen LogP contribution in [0.15, 0.2) is 0 Å². The number of amides is 1. The second-order valence-corrected chi connectivity index (χ2v) is 6.96. The third-order valence-corrected chi connectivity index (χ3v) is 2.86. The highest BCUT2D eigenvalue weighted by molar-refractivity contribution is 5.67. The summed E-state index contributed by atoms with van der Waals surface area (Å²) in [6.45, 7) is 16.2. The number of nitrogens with two attached hydrogens (primary N) is 1. The molecule has 0 saturated carbocycles. The van der Waals surface area contributed by atoms with Crippen LogP contribution in [0, 0.1) is 5.92 Å². The number of nitrogens with one attached hydrogen (secondary N) is 1. The quantitative estimate of drug-likeness (QED) is 0.753. The largest absolute Gasteiger partial charge is 0.444 e. The summed E-state index contributed by atoms with van der Waals surface area (Å²) < 4.78 is 5.24. The second kappa shape index (κ2) is 8.47. The molecule has 0 aromatic heterocycles. The van der Waals surface area contributed by atoms with Crippen molar-refractivity contribution < 1.29 is 9.53 Å². The van der Waals surface area contributed by atoms with Gasteiger partial charge in [0.25, 0.3) is 0 Å². The molecule has 0 aliphatic heterocycles. The minimum Gasteiger partial charge on any atom is -0.444 e. The zero-order chi connectivity index (χ0) is 15.9. The van der Waals surface area contributed by atoms with Gasteiger partial charge in [-0.2, -0.15) is 0 Å². The maximum absolute atomic E-state index is 11.7. The Bertz CT molecular complexity index is 285. The smallest absolute Gasteiger partial charge is 0.407 e. The van der Waals surface area contributed by atoms with E-state index in [2.05, 4.69) is 37.9 Å². The van der Waals surface area contributed by atoms with E-state index in [4.69, 9.17) is 10.5 Å². The molecule has 5 nitrogen and oxygen atoms in total. The Labute approximate surface area is 124 Å². The molecule has 0 fully saturated rings. The first kappa shape index (κ1) is 19.2. The highest BCUT2D eigenvalue weighted by Crippen LogP contribution is 2.10. The lowest BCUT2D eigenvalue weighted by Gasteiger charge is -2.35. The van der Waals surface area contributed by atoms with E-state index < -0.39 is 5.60 Å². The number of hydrogen-bond donors (Lipinski definition) is 2. The van der Waals surface area contributed by atoms with Gasteiger partial charge in [0.2, 0.25) is 0 Å². The molecule has 0 aromatic carbocycles. The summed E-state index contributed by atoms with van der Waals surface area (Å²) in [5.41, 5.74) is 5.39. The third-order valence-electron chi connectivity index (χ3n) is 2.86. The molecule has 120 valence electrons. The van der Waals surface area contributed by atoms with Gasteiger partial charge >= 0.3 is 6.09 Å². The molecule has 0 aliphatic carbocycles. The molecule has 0 spiro atoms. The predicted molar refractivity (Wildman–Crippen MR) is 83.8 cm³/mol. The van der Waals surface area contributed by atoms with Crippen LogP contribution in [-0.2, 0) is 4.74 Å². The third kappa shape index (κ3) is 8.38. The lowest BCUT2D eigenvalue weighted by atomic mass is 10.1. The van der Waals surface area contributed by atoms with Crippen molar-refractivity contribution in [1.29, 1.82) is 0 Å². The maximum atomic E-state index is 11.7. The molecule has 0 rings (SSSR count). The van der Waals surface area contributed by atoms with Gasteiger partial charge in [-0.25, -0.2) is 4.79 Å². The standard InChI is InChI=1S/C15H33N3O2/c1-11(2)10-18(12(3)4)13(8-16)9-17-14(19)20-15(5,6)7/h11-13H,8-10,16H2,1-7H3,(H,17,19). The van der Waals surface area contributed by atoms with Gasteiger partial charge in [0.1, 0.15) is 5.60 Å². The molecule has 0 radical (unpaired) electrons. The highest BCUT2D eigenvalue weighted by atomic mass is 16.6. The van der Waals surface area contributed by atoms with Crippen LogP contribution in [0.4, 0.5) is 4.79 Å². The summed E-state index contributed by atoms with van der Waals surface area (Å²) in [6.07, 6.45) is -0.385. The van der Waals surface area contributed by atoms with Crippen LogP contribution in [0.25, 0.3) is 0 Å². The van der Waals surface area contributed by atoms with Crippen molar-refractivity contribution in [2.75, 3.05) is 19.6 Å². The van der Waals surface area contributed by atoms with Gasteiger partial charge in [0.15, 0.2) is 0 Å². The van der Waals surface area contributed by atoms with Crippen LogP contribution < -0.4 is 11.1 Å². The topological polar surface area (TPSA) is 67.6 Å². The number of rotatable bonds is 7. The Kier molecular flexibility index (Phi) is 8.13. The number of carbonyl (C=O) groups is 1. The highest BCUT2D eigenvalue weighted by Gasteiger charge is 2.23. The molecule has 1 amide bonds.